The molecular weight excluding hydrogens is 236 g/mol. The van der Waals surface area contributed by atoms with Crippen LogP contribution in [0.5, 0.6) is 0 Å². The molecule has 0 aromatic heterocycles. The Morgan fingerprint density at radius 2 is 1.88 bits per heavy atom. The predicted octanol–water partition coefficient (Wildman–Crippen LogP) is 2.50. The van der Waals surface area contributed by atoms with E-state index < -0.39 is 4.75 Å². The molecule has 1 aliphatic heterocycles. The third-order valence-corrected chi connectivity index (χ3v) is 4.43. The van der Waals surface area contributed by atoms with E-state index in [1.807, 2.05) is 19.1 Å². The number of aliphatic hydroxyl groups is 2. The van der Waals surface area contributed by atoms with Gasteiger partial charge in [-0.2, -0.15) is 0 Å². The van der Waals surface area contributed by atoms with Crippen LogP contribution < -0.4 is 0 Å². The first kappa shape index (κ1) is 12.2. The van der Waals surface area contributed by atoms with Crippen molar-refractivity contribution in [3.8, 4) is 0 Å². The van der Waals surface area contributed by atoms with Gasteiger partial charge in [0.1, 0.15) is 10.5 Å². The van der Waals surface area contributed by atoms with Gasteiger partial charge >= 0.3 is 0 Å². The molecule has 1 heterocycles. The van der Waals surface area contributed by atoms with Crippen molar-refractivity contribution in [1.82, 2.24) is 0 Å². The van der Waals surface area contributed by atoms with Gasteiger partial charge in [0.05, 0.1) is 6.61 Å². The van der Waals surface area contributed by atoms with Crippen molar-refractivity contribution in [2.75, 3.05) is 0 Å². The van der Waals surface area contributed by atoms with Crippen LogP contribution in [0.1, 0.15) is 25.0 Å². The molecule has 0 aliphatic carbocycles. The first-order chi connectivity index (χ1) is 7.99. The molecule has 2 rings (SSSR count). The third kappa shape index (κ3) is 1.87. The van der Waals surface area contributed by atoms with Crippen molar-refractivity contribution < 1.29 is 15.0 Å². The van der Waals surface area contributed by atoms with Gasteiger partial charge in [0.15, 0.2) is 0 Å². The lowest BCUT2D eigenvalue weighted by Gasteiger charge is -2.23. The summed E-state index contributed by atoms with van der Waals surface area (Å²) in [5, 5.41) is 18.9. The first-order valence-electron chi connectivity index (χ1n) is 5.33. The number of hydrogen-bond donors (Lipinski definition) is 2. The number of carbonyl (C=O) groups is 1. The average Bonchev–Trinajstić information content (AvgIpc) is 2.55. The van der Waals surface area contributed by atoms with Gasteiger partial charge in [0.2, 0.25) is 5.12 Å². The molecule has 0 unspecified atom stereocenters. The predicted molar refractivity (Wildman–Crippen MR) is 67.6 cm³/mol. The molecule has 0 fully saturated rings. The number of thioether (sulfide) groups is 1. The van der Waals surface area contributed by atoms with E-state index in [1.165, 1.54) is 0 Å². The van der Waals surface area contributed by atoms with Crippen molar-refractivity contribution in [2.45, 2.75) is 25.2 Å². The normalized spacial score (nSPS) is 24.5. The molecule has 90 valence electrons. The lowest BCUT2D eigenvalue weighted by Crippen LogP contribution is -2.17. The average molecular weight is 250 g/mol. The number of hydrogen-bond acceptors (Lipinski definition) is 4. The Hall–Kier alpha value is -1.26. The van der Waals surface area contributed by atoms with Gasteiger partial charge in [0.25, 0.3) is 0 Å². The molecular formula is C13H14O3S. The van der Waals surface area contributed by atoms with Crippen LogP contribution in [-0.4, -0.2) is 15.3 Å². The van der Waals surface area contributed by atoms with Crippen LogP contribution in [0.15, 0.2) is 35.6 Å². The second-order valence-corrected chi connectivity index (χ2v) is 5.64. The highest BCUT2D eigenvalue weighted by molar-refractivity contribution is 8.15. The Morgan fingerprint density at radius 1 is 1.29 bits per heavy atom. The largest absolute Gasteiger partial charge is 0.510 e. The fraction of sp³-hybridized carbons (Fsp3) is 0.308. The van der Waals surface area contributed by atoms with E-state index in [0.29, 0.717) is 5.57 Å². The van der Waals surface area contributed by atoms with Crippen molar-refractivity contribution >= 4 is 16.9 Å². The molecule has 3 nitrogen and oxygen atoms in total. The second kappa shape index (κ2) is 4.20. The van der Waals surface area contributed by atoms with Crippen LogP contribution in [0.2, 0.25) is 0 Å². The topological polar surface area (TPSA) is 57.5 Å². The van der Waals surface area contributed by atoms with E-state index in [0.717, 1.165) is 22.9 Å². The van der Waals surface area contributed by atoms with Crippen LogP contribution in [0.3, 0.4) is 0 Å². The fourth-order valence-electron chi connectivity index (χ4n) is 1.89. The molecule has 1 aromatic rings. The molecule has 0 saturated heterocycles. The van der Waals surface area contributed by atoms with E-state index in [9.17, 15) is 9.90 Å². The third-order valence-electron chi connectivity index (χ3n) is 3.10. The van der Waals surface area contributed by atoms with Crippen LogP contribution in [-0.2, 0) is 16.1 Å². The van der Waals surface area contributed by atoms with E-state index in [2.05, 4.69) is 0 Å². The summed E-state index contributed by atoms with van der Waals surface area (Å²) in [6.07, 6.45) is 0. The summed E-state index contributed by atoms with van der Waals surface area (Å²) in [5.74, 6) is 0.129. The maximum atomic E-state index is 11.6. The van der Waals surface area contributed by atoms with Crippen molar-refractivity contribution in [2.24, 2.45) is 0 Å². The number of benzene rings is 1. The minimum Gasteiger partial charge on any atom is -0.510 e. The quantitative estimate of drug-likeness (QED) is 0.846. The molecule has 2 N–H and O–H groups in total. The van der Waals surface area contributed by atoms with E-state index >= 15 is 0 Å². The van der Waals surface area contributed by atoms with Gasteiger partial charge in [-0.1, -0.05) is 36.0 Å². The number of rotatable bonds is 2. The summed E-state index contributed by atoms with van der Waals surface area (Å²) in [4.78, 5) is 11.6. The zero-order chi connectivity index (χ0) is 12.6. The lowest BCUT2D eigenvalue weighted by molar-refractivity contribution is -0.107. The highest BCUT2D eigenvalue weighted by Crippen LogP contribution is 2.49. The summed E-state index contributed by atoms with van der Waals surface area (Å²) >= 11 is 1.13. The molecule has 0 bridgehead atoms. The Labute approximate surface area is 104 Å². The smallest absolute Gasteiger partial charge is 0.219 e. The highest BCUT2D eigenvalue weighted by Gasteiger charge is 2.43. The minimum atomic E-state index is -0.699. The van der Waals surface area contributed by atoms with Gasteiger partial charge in [0, 0.05) is 5.57 Å². The summed E-state index contributed by atoms with van der Waals surface area (Å²) in [5.41, 5.74) is 2.10. The maximum absolute atomic E-state index is 11.6. The zero-order valence-corrected chi connectivity index (χ0v) is 10.5. The van der Waals surface area contributed by atoms with Gasteiger partial charge in [-0.15, -0.1) is 0 Å². The summed E-state index contributed by atoms with van der Waals surface area (Å²) in [7, 11) is 0. The highest BCUT2D eigenvalue weighted by atomic mass is 32.2. The summed E-state index contributed by atoms with van der Waals surface area (Å²) < 4.78 is -0.699. The lowest BCUT2D eigenvalue weighted by atomic mass is 9.95. The molecule has 0 saturated carbocycles. The van der Waals surface area contributed by atoms with Crippen LogP contribution >= 0.6 is 11.8 Å². The molecule has 0 amide bonds. The monoisotopic (exact) mass is 250 g/mol. The molecule has 4 heteroatoms. The van der Waals surface area contributed by atoms with Gasteiger partial charge in [-0.25, -0.2) is 0 Å². The zero-order valence-electron chi connectivity index (χ0n) is 9.73. The van der Waals surface area contributed by atoms with Crippen LogP contribution in [0.4, 0.5) is 0 Å². The fourth-order valence-corrected chi connectivity index (χ4v) is 3.01. The van der Waals surface area contributed by atoms with Crippen molar-refractivity contribution in [1.29, 1.82) is 0 Å². The Balaban J connectivity index is 2.43. The molecule has 0 radical (unpaired) electrons. The SMILES string of the molecule is CC1=C(O)[C@](C)(c2ccc(CO)cc2)SC1=O. The van der Waals surface area contributed by atoms with E-state index in [1.54, 1.807) is 19.1 Å². The van der Waals surface area contributed by atoms with Crippen LogP contribution in [0.25, 0.3) is 0 Å². The standard InChI is InChI=1S/C13H14O3S/c1-8-11(15)13(2,17-12(8)16)10-5-3-9(7-14)4-6-10/h3-6,14-15H,7H2,1-2H3/t13-/m0/s1. The van der Waals surface area contributed by atoms with Gasteiger partial charge in [-0.05, 0) is 25.0 Å². The van der Waals surface area contributed by atoms with E-state index in [-0.39, 0.29) is 17.5 Å². The Morgan fingerprint density at radius 3 is 2.29 bits per heavy atom. The summed E-state index contributed by atoms with van der Waals surface area (Å²) in [6.45, 7) is 3.46. The van der Waals surface area contributed by atoms with Gasteiger partial charge in [-0.3, -0.25) is 4.79 Å². The number of aliphatic hydroxyl groups excluding tert-OH is 2. The molecule has 1 atom stereocenters. The molecule has 1 aliphatic rings. The molecule has 17 heavy (non-hydrogen) atoms. The molecule has 0 spiro atoms. The van der Waals surface area contributed by atoms with E-state index in [4.69, 9.17) is 5.11 Å². The Bertz CT molecular complexity index is 490. The molecule has 1 aromatic carbocycles. The second-order valence-electron chi connectivity index (χ2n) is 4.25. The maximum Gasteiger partial charge on any atom is 0.219 e. The Kier molecular flexibility index (Phi) is 3.02. The van der Waals surface area contributed by atoms with Gasteiger partial charge < -0.3 is 10.2 Å². The summed E-state index contributed by atoms with van der Waals surface area (Å²) in [6, 6.07) is 7.26. The minimum absolute atomic E-state index is 0.0100. The van der Waals surface area contributed by atoms with Crippen LogP contribution in [0, 0.1) is 0 Å². The van der Waals surface area contributed by atoms with Crippen molar-refractivity contribution in [3.63, 3.8) is 0 Å². The van der Waals surface area contributed by atoms with Crippen molar-refractivity contribution in [3.05, 3.63) is 46.7 Å². The first-order valence-corrected chi connectivity index (χ1v) is 6.14. The number of carbonyl (C=O) groups excluding carboxylic acids is 1.